The highest BCUT2D eigenvalue weighted by Crippen LogP contribution is 2.39. The van der Waals surface area contributed by atoms with Crippen LogP contribution in [-0.4, -0.2) is 127 Å². The van der Waals surface area contributed by atoms with Crippen LogP contribution in [0.3, 0.4) is 0 Å². The van der Waals surface area contributed by atoms with Gasteiger partial charge in [0.15, 0.2) is 0 Å². The molecule has 3 aliphatic heterocycles. The van der Waals surface area contributed by atoms with Crippen LogP contribution in [0.5, 0.6) is 0 Å². The number of aryl methyl sites for hydroxylation is 1. The van der Waals surface area contributed by atoms with Crippen molar-refractivity contribution >= 4 is 80.0 Å². The Morgan fingerprint density at radius 3 is 1.92 bits per heavy atom. The first-order chi connectivity index (χ1) is 31.1. The van der Waals surface area contributed by atoms with E-state index in [0.717, 1.165) is 26.7 Å². The lowest BCUT2D eigenvalue weighted by Gasteiger charge is -2.27. The molecule has 3 aromatic carbocycles. The molecule has 5 aromatic rings. The Balaban J connectivity index is 0.697. The van der Waals surface area contributed by atoms with Crippen LogP contribution in [-0.2, 0) is 56.5 Å². The molecular weight excluding hydrogens is 827 g/mol. The van der Waals surface area contributed by atoms with E-state index < -0.39 is 41.5 Å². The number of nitrogens with zero attached hydrogens (tertiary/aromatic N) is 3. The summed E-state index contributed by atoms with van der Waals surface area (Å²) in [5.74, 6) is -3.42. The fraction of sp³-hybridized carbons (Fsp3) is 0.326. The third-order valence-corrected chi connectivity index (χ3v) is 11.2. The molecule has 3 aliphatic rings. The van der Waals surface area contributed by atoms with Crippen LogP contribution in [0, 0.1) is 0 Å². The van der Waals surface area contributed by atoms with Crippen LogP contribution in [0.2, 0.25) is 0 Å². The van der Waals surface area contributed by atoms with Gasteiger partial charge in [-0.2, -0.15) is 0 Å². The summed E-state index contributed by atoms with van der Waals surface area (Å²) in [5.41, 5.74) is 4.32. The van der Waals surface area contributed by atoms with Crippen molar-refractivity contribution in [3.63, 3.8) is 0 Å². The van der Waals surface area contributed by atoms with Gasteiger partial charge in [0.1, 0.15) is 12.6 Å². The largest absolute Gasteiger partial charge is 0.382 e. The van der Waals surface area contributed by atoms with E-state index in [4.69, 9.17) is 18.9 Å². The summed E-state index contributed by atoms with van der Waals surface area (Å²) < 4.78 is 26.1. The van der Waals surface area contributed by atoms with Crippen molar-refractivity contribution in [2.75, 3.05) is 71.3 Å². The van der Waals surface area contributed by atoms with Gasteiger partial charge in [-0.15, -0.1) is 0 Å². The van der Waals surface area contributed by atoms with Gasteiger partial charge in [0.2, 0.25) is 17.7 Å². The number of imide groups is 3. The maximum absolute atomic E-state index is 13.3. The van der Waals surface area contributed by atoms with Gasteiger partial charge in [0.05, 0.1) is 75.1 Å². The van der Waals surface area contributed by atoms with Crippen molar-refractivity contribution in [2.45, 2.75) is 25.4 Å². The van der Waals surface area contributed by atoms with Crippen molar-refractivity contribution in [3.05, 3.63) is 101 Å². The molecule has 0 aliphatic carbocycles. The van der Waals surface area contributed by atoms with Gasteiger partial charge >= 0.3 is 0 Å². The number of carbonyl (C=O) groups is 7. The summed E-state index contributed by atoms with van der Waals surface area (Å²) in [6.45, 7) is 3.26. The van der Waals surface area contributed by atoms with Gasteiger partial charge in [-0.3, -0.25) is 49.1 Å². The van der Waals surface area contributed by atoms with Gasteiger partial charge in [-0.1, -0.05) is 42.5 Å². The molecule has 0 bridgehead atoms. The number of ether oxygens (including phenoxy) is 4. The lowest BCUT2D eigenvalue weighted by molar-refractivity contribution is -0.136. The molecule has 1 saturated heterocycles. The molecule has 5 heterocycles. The minimum atomic E-state index is -1.03. The molecule has 1 atom stereocenters. The molecule has 18 heteroatoms. The number of aromatic nitrogens is 2. The second-order valence-electron chi connectivity index (χ2n) is 15.3. The van der Waals surface area contributed by atoms with Crippen molar-refractivity contribution in [3.8, 4) is 0 Å². The molecule has 0 radical (unpaired) electrons. The summed E-state index contributed by atoms with van der Waals surface area (Å²) in [4.78, 5) is 90.7. The molecular formula is C46H47N7O11. The normalized spacial score (nSPS) is 16.3. The van der Waals surface area contributed by atoms with Crippen molar-refractivity contribution in [1.29, 1.82) is 0 Å². The Morgan fingerprint density at radius 1 is 0.656 bits per heavy atom. The Bertz CT molecular complexity index is 2700. The zero-order valence-electron chi connectivity index (χ0n) is 35.1. The van der Waals surface area contributed by atoms with Crippen molar-refractivity contribution in [2.24, 2.45) is 7.05 Å². The second-order valence-corrected chi connectivity index (χ2v) is 15.3. The fourth-order valence-corrected chi connectivity index (χ4v) is 8.24. The molecule has 4 N–H and O–H groups in total. The maximum atomic E-state index is 13.3. The monoisotopic (exact) mass is 873 g/mol. The number of carbonyl (C=O) groups excluding carboxylic acids is 7. The standard InChI is InChI=1S/C46H47N7O11/c1-51-25-31(28-7-2-4-11-34(28)51)40-41(44(58)50-43(40)57)32-26-52(35-12-5-3-8-29(32)35)27-38(55)48-16-18-62-20-22-64-24-23-63-21-19-61-17-15-47-33-10-6-9-30-39(33)46(60)53(45(30)59)36-13-14-37(54)49-42(36)56/h2-12,25-26,36,47H,13-24,27H2,1H3,(H,48,55)(H,49,54,56)(H,50,57,58). The predicted octanol–water partition coefficient (Wildman–Crippen LogP) is 2.40. The third kappa shape index (κ3) is 9.07. The summed E-state index contributed by atoms with van der Waals surface area (Å²) >= 11 is 0. The topological polar surface area (TPSA) is 218 Å². The highest BCUT2D eigenvalue weighted by molar-refractivity contribution is 6.50. The molecule has 1 unspecified atom stereocenters. The number of benzene rings is 3. The van der Waals surface area contributed by atoms with Crippen LogP contribution < -0.4 is 21.3 Å². The first-order valence-corrected chi connectivity index (χ1v) is 21.0. The molecule has 1 fully saturated rings. The minimum Gasteiger partial charge on any atom is -0.382 e. The smallest absolute Gasteiger partial charge is 0.264 e. The van der Waals surface area contributed by atoms with E-state index in [0.29, 0.717) is 75.2 Å². The molecule has 18 nitrogen and oxygen atoms in total. The number of amides is 7. The Labute approximate surface area is 366 Å². The molecule has 64 heavy (non-hydrogen) atoms. The molecule has 0 spiro atoms. The number of fused-ring (bicyclic) bond motifs is 3. The van der Waals surface area contributed by atoms with Crippen LogP contribution in [0.1, 0.15) is 44.7 Å². The zero-order chi connectivity index (χ0) is 44.7. The number of hydrogen-bond donors (Lipinski definition) is 4. The Kier molecular flexibility index (Phi) is 13.4. The third-order valence-electron chi connectivity index (χ3n) is 11.2. The summed E-state index contributed by atoms with van der Waals surface area (Å²) in [6, 6.07) is 19.0. The van der Waals surface area contributed by atoms with Crippen molar-refractivity contribution < 1.29 is 52.5 Å². The lowest BCUT2D eigenvalue weighted by Crippen LogP contribution is -2.54. The summed E-state index contributed by atoms with van der Waals surface area (Å²) in [6.07, 6.45) is 3.74. The van der Waals surface area contributed by atoms with E-state index in [-0.39, 0.29) is 55.1 Å². The Hall–Kier alpha value is -6.99. The number of anilines is 1. The van der Waals surface area contributed by atoms with E-state index in [2.05, 4.69) is 21.3 Å². The molecule has 7 amide bonds. The summed E-state index contributed by atoms with van der Waals surface area (Å²) in [7, 11) is 1.90. The number of hydrogen-bond acceptors (Lipinski definition) is 12. The fourth-order valence-electron chi connectivity index (χ4n) is 8.24. The van der Waals surface area contributed by atoms with Gasteiger partial charge in [0, 0.05) is 77.6 Å². The van der Waals surface area contributed by atoms with E-state index in [1.54, 1.807) is 22.9 Å². The summed E-state index contributed by atoms with van der Waals surface area (Å²) in [5, 5.41) is 12.3. The highest BCUT2D eigenvalue weighted by Gasteiger charge is 2.45. The van der Waals surface area contributed by atoms with Crippen LogP contribution in [0.25, 0.3) is 33.0 Å². The van der Waals surface area contributed by atoms with E-state index in [1.165, 1.54) is 6.07 Å². The van der Waals surface area contributed by atoms with Crippen molar-refractivity contribution in [1.82, 2.24) is 30.0 Å². The van der Waals surface area contributed by atoms with Crippen LogP contribution >= 0.6 is 0 Å². The Morgan fingerprint density at radius 2 is 1.25 bits per heavy atom. The average Bonchev–Trinajstić information content (AvgIpc) is 3.98. The average molecular weight is 874 g/mol. The van der Waals surface area contributed by atoms with Gasteiger partial charge in [0.25, 0.3) is 23.6 Å². The molecule has 0 saturated carbocycles. The number of piperidine rings is 1. The van der Waals surface area contributed by atoms with Gasteiger partial charge in [-0.05, 0) is 30.7 Å². The van der Waals surface area contributed by atoms with Crippen LogP contribution in [0.4, 0.5) is 5.69 Å². The SMILES string of the molecule is Cn1cc(C2=C(c3cn(CC(=O)NCCOCCOCCOCCOCCNc4cccc5c4C(=O)N(C4CCC(=O)NC4=O)C5=O)c4ccccc34)C(=O)NC2=O)c2ccccc21. The van der Waals surface area contributed by atoms with Crippen LogP contribution in [0.15, 0.2) is 79.1 Å². The predicted molar refractivity (Wildman–Crippen MR) is 233 cm³/mol. The first-order valence-electron chi connectivity index (χ1n) is 21.0. The second kappa shape index (κ2) is 19.6. The molecule has 332 valence electrons. The lowest BCUT2D eigenvalue weighted by atomic mass is 9.95. The quantitative estimate of drug-likeness (QED) is 0.0618. The van der Waals surface area contributed by atoms with E-state index in [9.17, 15) is 33.6 Å². The van der Waals surface area contributed by atoms with Gasteiger partial charge in [-0.25, -0.2) is 0 Å². The highest BCUT2D eigenvalue weighted by atomic mass is 16.6. The van der Waals surface area contributed by atoms with E-state index in [1.807, 2.05) is 66.3 Å². The number of nitrogens with one attached hydrogen (secondary N) is 4. The van der Waals surface area contributed by atoms with E-state index >= 15 is 0 Å². The maximum Gasteiger partial charge on any atom is 0.264 e. The molecule has 2 aromatic heterocycles. The molecule has 8 rings (SSSR count). The first kappa shape index (κ1) is 43.7. The minimum absolute atomic E-state index is 0.00667. The number of para-hydroxylation sites is 2. The number of rotatable bonds is 21. The van der Waals surface area contributed by atoms with Gasteiger partial charge < -0.3 is 38.7 Å². The zero-order valence-corrected chi connectivity index (χ0v) is 35.1.